The van der Waals surface area contributed by atoms with Crippen LogP contribution in [0.5, 0.6) is 0 Å². The summed E-state index contributed by atoms with van der Waals surface area (Å²) < 4.78 is 34.5. The standard InChI is InChI=1S/C21H28N4O4S2/c1-14(2)29-20-9-8-17(31(22,26)27)11-18(20)24-21-25-19(13-30-21)15-6-7-16(23-12-15)5-4-10-28-3/h6-9,12-14,18H,4-5,10-11H2,1-3H3,(H,24,25)(H2,22,26,27). The van der Waals surface area contributed by atoms with E-state index in [2.05, 4.69) is 15.3 Å². The molecule has 3 N–H and O–H groups in total. The molecule has 2 aromatic heterocycles. The molecule has 10 heteroatoms. The number of methoxy groups -OCH3 is 1. The second-order valence-electron chi connectivity index (χ2n) is 7.49. The zero-order valence-corrected chi connectivity index (χ0v) is 19.5. The van der Waals surface area contributed by atoms with Gasteiger partial charge in [-0.05, 0) is 51.0 Å². The van der Waals surface area contributed by atoms with Crippen LogP contribution in [0.1, 0.15) is 32.4 Å². The van der Waals surface area contributed by atoms with Crippen molar-refractivity contribution in [1.29, 1.82) is 0 Å². The first kappa shape index (κ1) is 23.4. The summed E-state index contributed by atoms with van der Waals surface area (Å²) in [4.78, 5) is 9.31. The predicted octanol–water partition coefficient (Wildman–Crippen LogP) is 3.45. The number of hydrogen-bond acceptors (Lipinski definition) is 8. The van der Waals surface area contributed by atoms with Gasteiger partial charge in [0.25, 0.3) is 0 Å². The highest BCUT2D eigenvalue weighted by molar-refractivity contribution is 7.93. The topological polar surface area (TPSA) is 116 Å². The third-order valence-corrected chi connectivity index (χ3v) is 6.43. The van der Waals surface area contributed by atoms with Gasteiger partial charge < -0.3 is 14.8 Å². The summed E-state index contributed by atoms with van der Waals surface area (Å²) in [6.07, 6.45) is 6.92. The molecule has 0 amide bonds. The summed E-state index contributed by atoms with van der Waals surface area (Å²) >= 11 is 1.44. The maximum atomic E-state index is 11.8. The number of ether oxygens (including phenoxy) is 2. The van der Waals surface area contributed by atoms with E-state index >= 15 is 0 Å². The number of hydrogen-bond donors (Lipinski definition) is 2. The monoisotopic (exact) mass is 464 g/mol. The lowest BCUT2D eigenvalue weighted by molar-refractivity contribution is 0.135. The van der Waals surface area contributed by atoms with Gasteiger partial charge in [0.1, 0.15) is 5.76 Å². The molecule has 3 rings (SSSR count). The molecule has 0 aliphatic heterocycles. The zero-order chi connectivity index (χ0) is 22.4. The molecule has 0 bridgehead atoms. The minimum Gasteiger partial charge on any atom is -0.493 e. The average molecular weight is 465 g/mol. The molecular weight excluding hydrogens is 436 g/mol. The van der Waals surface area contributed by atoms with Crippen molar-refractivity contribution < 1.29 is 17.9 Å². The lowest BCUT2D eigenvalue weighted by Gasteiger charge is -2.26. The Morgan fingerprint density at radius 2 is 2.13 bits per heavy atom. The number of anilines is 1. The van der Waals surface area contributed by atoms with Crippen molar-refractivity contribution in [2.75, 3.05) is 19.0 Å². The number of primary sulfonamides is 1. The Morgan fingerprint density at radius 1 is 1.32 bits per heavy atom. The number of rotatable bonds is 10. The van der Waals surface area contributed by atoms with E-state index < -0.39 is 10.0 Å². The summed E-state index contributed by atoms with van der Waals surface area (Å²) in [5, 5.41) is 11.2. The average Bonchev–Trinajstić information content (AvgIpc) is 3.17. The van der Waals surface area contributed by atoms with Gasteiger partial charge in [0.15, 0.2) is 5.13 Å². The van der Waals surface area contributed by atoms with Crippen LogP contribution in [0.2, 0.25) is 0 Å². The Labute approximate surface area is 187 Å². The van der Waals surface area contributed by atoms with Crippen LogP contribution in [-0.2, 0) is 25.9 Å². The van der Waals surface area contributed by atoms with Gasteiger partial charge >= 0.3 is 0 Å². The van der Waals surface area contributed by atoms with E-state index in [0.29, 0.717) is 17.5 Å². The molecule has 0 saturated heterocycles. The van der Waals surface area contributed by atoms with Crippen LogP contribution in [0.25, 0.3) is 11.3 Å². The van der Waals surface area contributed by atoms with Crippen molar-refractivity contribution in [2.45, 2.75) is 45.3 Å². The van der Waals surface area contributed by atoms with E-state index in [1.165, 1.54) is 17.4 Å². The normalized spacial score (nSPS) is 16.7. The maximum absolute atomic E-state index is 11.8. The Hall–Kier alpha value is -2.27. The van der Waals surface area contributed by atoms with Crippen molar-refractivity contribution in [2.24, 2.45) is 5.14 Å². The van der Waals surface area contributed by atoms with Crippen LogP contribution in [0, 0.1) is 0 Å². The fourth-order valence-corrected chi connectivity index (χ4v) is 4.56. The largest absolute Gasteiger partial charge is 0.493 e. The van der Waals surface area contributed by atoms with Gasteiger partial charge in [-0.25, -0.2) is 18.5 Å². The number of nitrogens with one attached hydrogen (secondary N) is 1. The van der Waals surface area contributed by atoms with Crippen LogP contribution in [0.4, 0.5) is 5.13 Å². The third-order valence-electron chi connectivity index (χ3n) is 4.62. The molecule has 31 heavy (non-hydrogen) atoms. The van der Waals surface area contributed by atoms with E-state index in [1.807, 2.05) is 37.6 Å². The number of sulfonamides is 1. The molecule has 0 spiro atoms. The molecule has 1 atom stereocenters. The quantitative estimate of drug-likeness (QED) is 0.517. The Balaban J connectivity index is 1.71. The second-order valence-corrected chi connectivity index (χ2v) is 9.96. The van der Waals surface area contributed by atoms with Crippen LogP contribution >= 0.6 is 11.3 Å². The van der Waals surface area contributed by atoms with Gasteiger partial charge in [-0.3, -0.25) is 4.98 Å². The summed E-state index contributed by atoms with van der Waals surface area (Å²) in [7, 11) is -2.07. The Bertz CT molecular complexity index is 1040. The molecule has 2 aromatic rings. The molecule has 1 aliphatic carbocycles. The Morgan fingerprint density at radius 3 is 2.77 bits per heavy atom. The molecular formula is C21H28N4O4S2. The first-order valence-corrected chi connectivity index (χ1v) is 12.5. The van der Waals surface area contributed by atoms with Gasteiger partial charge in [-0.1, -0.05) is 0 Å². The number of nitrogens with zero attached hydrogens (tertiary/aromatic N) is 2. The Kier molecular flexibility index (Phi) is 7.82. The molecule has 1 unspecified atom stereocenters. The zero-order valence-electron chi connectivity index (χ0n) is 17.9. The molecule has 2 heterocycles. The molecule has 0 saturated carbocycles. The number of pyridine rings is 1. The second kappa shape index (κ2) is 10.4. The van der Waals surface area contributed by atoms with Gasteiger partial charge in [-0.2, -0.15) is 0 Å². The number of nitrogens with two attached hydrogens (primary N) is 1. The molecule has 8 nitrogen and oxygen atoms in total. The number of thiazole rings is 1. The first-order valence-electron chi connectivity index (χ1n) is 10.0. The van der Waals surface area contributed by atoms with Crippen LogP contribution in [0.3, 0.4) is 0 Å². The number of aromatic nitrogens is 2. The smallest absolute Gasteiger partial charge is 0.234 e. The van der Waals surface area contributed by atoms with E-state index in [4.69, 9.17) is 14.6 Å². The maximum Gasteiger partial charge on any atom is 0.234 e. The van der Waals surface area contributed by atoms with Gasteiger partial charge in [-0.15, -0.1) is 11.3 Å². The fraction of sp³-hybridized carbons (Fsp3) is 0.429. The molecule has 0 radical (unpaired) electrons. The van der Waals surface area contributed by atoms with Crippen molar-refractivity contribution in [3.05, 3.63) is 52.2 Å². The summed E-state index contributed by atoms with van der Waals surface area (Å²) in [6, 6.07) is 3.63. The van der Waals surface area contributed by atoms with Crippen LogP contribution in [-0.4, -0.2) is 44.2 Å². The molecule has 168 valence electrons. The van der Waals surface area contributed by atoms with Gasteiger partial charge in [0, 0.05) is 43.0 Å². The van der Waals surface area contributed by atoms with Crippen molar-refractivity contribution >= 4 is 26.5 Å². The molecule has 1 aliphatic rings. The highest BCUT2D eigenvalue weighted by atomic mass is 32.2. The number of aryl methyl sites for hydroxylation is 1. The minimum atomic E-state index is -3.77. The van der Waals surface area contributed by atoms with Crippen molar-refractivity contribution in [3.63, 3.8) is 0 Å². The van der Waals surface area contributed by atoms with E-state index in [1.54, 1.807) is 13.2 Å². The summed E-state index contributed by atoms with van der Waals surface area (Å²) in [6.45, 7) is 4.56. The SMILES string of the molecule is COCCCc1ccc(-c2csc(NC3CC(S(N)(=O)=O)=CC=C3OC(C)C)n2)cn1. The predicted molar refractivity (Wildman–Crippen MR) is 123 cm³/mol. The summed E-state index contributed by atoms with van der Waals surface area (Å²) in [5.41, 5.74) is 2.74. The van der Waals surface area contributed by atoms with Crippen molar-refractivity contribution in [3.8, 4) is 11.3 Å². The first-order chi connectivity index (χ1) is 14.8. The minimum absolute atomic E-state index is 0.0414. The van der Waals surface area contributed by atoms with Crippen LogP contribution < -0.4 is 10.5 Å². The third kappa shape index (κ3) is 6.60. The van der Waals surface area contributed by atoms with E-state index in [9.17, 15) is 8.42 Å². The molecule has 0 fully saturated rings. The highest BCUT2D eigenvalue weighted by Gasteiger charge is 2.27. The highest BCUT2D eigenvalue weighted by Crippen LogP contribution is 2.30. The summed E-state index contributed by atoms with van der Waals surface area (Å²) in [5.74, 6) is 0.654. The fourth-order valence-electron chi connectivity index (χ4n) is 3.13. The number of allylic oxidation sites excluding steroid dienone is 2. The van der Waals surface area contributed by atoms with E-state index in [0.717, 1.165) is 29.8 Å². The molecule has 0 aromatic carbocycles. The van der Waals surface area contributed by atoms with Crippen molar-refractivity contribution in [1.82, 2.24) is 9.97 Å². The van der Waals surface area contributed by atoms with Crippen LogP contribution in [0.15, 0.2) is 46.5 Å². The lowest BCUT2D eigenvalue weighted by atomic mass is 10.1. The van der Waals surface area contributed by atoms with Gasteiger partial charge in [0.2, 0.25) is 10.0 Å². The lowest BCUT2D eigenvalue weighted by Crippen LogP contribution is -2.30. The van der Waals surface area contributed by atoms with E-state index in [-0.39, 0.29) is 23.5 Å². The van der Waals surface area contributed by atoms with Gasteiger partial charge in [0.05, 0.1) is 22.7 Å².